The number of carbonyl (C=O) groups excluding carboxylic acids is 2. The number of rotatable bonds is 6. The van der Waals surface area contributed by atoms with Crippen molar-refractivity contribution in [1.29, 1.82) is 5.26 Å². The first-order valence-corrected chi connectivity index (χ1v) is 8.23. The van der Waals surface area contributed by atoms with Crippen LogP contribution < -0.4 is 10.6 Å². The molecule has 138 valence electrons. The Kier molecular flexibility index (Phi) is 6.92. The summed E-state index contributed by atoms with van der Waals surface area (Å²) in [4.78, 5) is 24.3. The predicted molar refractivity (Wildman–Crippen MR) is 99.8 cm³/mol. The van der Waals surface area contributed by atoms with Gasteiger partial charge in [0.15, 0.2) is 0 Å². The Morgan fingerprint density at radius 2 is 2.04 bits per heavy atom. The van der Waals surface area contributed by atoms with E-state index in [4.69, 9.17) is 16.3 Å². The number of ether oxygens (including phenoxy) is 1. The molecule has 8 heteroatoms. The second kappa shape index (κ2) is 9.36. The molecule has 0 saturated heterocycles. The molecular formula is C19H15ClFN3O3. The van der Waals surface area contributed by atoms with Crippen molar-refractivity contribution in [3.05, 3.63) is 70.6 Å². The van der Waals surface area contributed by atoms with Crippen LogP contribution >= 0.6 is 11.6 Å². The van der Waals surface area contributed by atoms with Crippen LogP contribution in [0, 0.1) is 17.1 Å². The molecule has 0 aromatic heterocycles. The average Bonchev–Trinajstić information content (AvgIpc) is 2.65. The molecule has 6 nitrogen and oxygen atoms in total. The minimum atomic E-state index is -0.727. The van der Waals surface area contributed by atoms with Crippen LogP contribution in [0.5, 0.6) is 0 Å². The van der Waals surface area contributed by atoms with Crippen LogP contribution in [-0.2, 0) is 9.53 Å². The molecule has 0 spiro atoms. The third kappa shape index (κ3) is 5.30. The minimum absolute atomic E-state index is 0.0975. The van der Waals surface area contributed by atoms with Crippen molar-refractivity contribution in [1.82, 2.24) is 0 Å². The summed E-state index contributed by atoms with van der Waals surface area (Å²) in [5.41, 5.74) is 0.526. The number of halogens is 2. The Bertz CT molecular complexity index is 938. The van der Waals surface area contributed by atoms with Gasteiger partial charge >= 0.3 is 5.97 Å². The van der Waals surface area contributed by atoms with E-state index in [1.807, 2.05) is 0 Å². The molecule has 0 radical (unpaired) electrons. The van der Waals surface area contributed by atoms with E-state index < -0.39 is 17.7 Å². The summed E-state index contributed by atoms with van der Waals surface area (Å²) in [6, 6.07) is 11.9. The maximum absolute atomic E-state index is 13.2. The van der Waals surface area contributed by atoms with E-state index >= 15 is 0 Å². The van der Waals surface area contributed by atoms with Gasteiger partial charge < -0.3 is 15.4 Å². The number of amides is 1. The van der Waals surface area contributed by atoms with Crippen molar-refractivity contribution in [2.45, 2.75) is 6.92 Å². The molecule has 0 heterocycles. The topological polar surface area (TPSA) is 91.2 Å². The number of anilines is 2. The number of nitrogens with zero attached hydrogens (tertiary/aromatic N) is 1. The molecule has 0 aliphatic carbocycles. The fourth-order valence-corrected chi connectivity index (χ4v) is 2.24. The van der Waals surface area contributed by atoms with Crippen molar-refractivity contribution >= 4 is 34.9 Å². The Labute approximate surface area is 160 Å². The number of hydrogen-bond donors (Lipinski definition) is 2. The molecule has 0 atom stereocenters. The van der Waals surface area contributed by atoms with E-state index in [0.29, 0.717) is 5.69 Å². The highest BCUT2D eigenvalue weighted by molar-refractivity contribution is 6.31. The monoisotopic (exact) mass is 387 g/mol. The van der Waals surface area contributed by atoms with Crippen molar-refractivity contribution < 1.29 is 18.7 Å². The zero-order valence-electron chi connectivity index (χ0n) is 14.3. The highest BCUT2D eigenvalue weighted by Gasteiger charge is 2.16. The number of benzene rings is 2. The highest BCUT2D eigenvalue weighted by Crippen LogP contribution is 2.20. The van der Waals surface area contributed by atoms with Crippen LogP contribution in [0.2, 0.25) is 5.02 Å². The molecule has 2 N–H and O–H groups in total. The van der Waals surface area contributed by atoms with Crippen molar-refractivity contribution in [2.24, 2.45) is 0 Å². The van der Waals surface area contributed by atoms with E-state index in [1.54, 1.807) is 25.1 Å². The third-order valence-corrected chi connectivity index (χ3v) is 3.63. The van der Waals surface area contributed by atoms with Gasteiger partial charge in [0.1, 0.15) is 17.5 Å². The van der Waals surface area contributed by atoms with Gasteiger partial charge in [-0.25, -0.2) is 9.18 Å². The lowest BCUT2D eigenvalue weighted by molar-refractivity contribution is -0.112. The highest BCUT2D eigenvalue weighted by atomic mass is 35.5. The number of nitrogens with one attached hydrogen (secondary N) is 2. The van der Waals surface area contributed by atoms with E-state index in [-0.39, 0.29) is 28.5 Å². The van der Waals surface area contributed by atoms with E-state index in [9.17, 15) is 19.2 Å². The van der Waals surface area contributed by atoms with Crippen LogP contribution in [0.4, 0.5) is 15.8 Å². The summed E-state index contributed by atoms with van der Waals surface area (Å²) in [7, 11) is 0. The van der Waals surface area contributed by atoms with Gasteiger partial charge in [-0.05, 0) is 37.3 Å². The summed E-state index contributed by atoms with van der Waals surface area (Å²) in [6.07, 6.45) is 1.16. The van der Waals surface area contributed by atoms with Gasteiger partial charge in [0.05, 0.1) is 22.9 Å². The van der Waals surface area contributed by atoms with Gasteiger partial charge in [-0.15, -0.1) is 0 Å². The summed E-state index contributed by atoms with van der Waals surface area (Å²) in [5, 5.41) is 14.3. The van der Waals surface area contributed by atoms with Gasteiger partial charge in [-0.1, -0.05) is 23.7 Å². The maximum atomic E-state index is 13.2. The van der Waals surface area contributed by atoms with E-state index in [2.05, 4.69) is 10.6 Å². The van der Waals surface area contributed by atoms with Crippen molar-refractivity contribution in [3.8, 4) is 6.07 Å². The van der Waals surface area contributed by atoms with Gasteiger partial charge in [0.2, 0.25) is 0 Å². The molecule has 2 aromatic rings. The Morgan fingerprint density at radius 3 is 2.70 bits per heavy atom. The zero-order valence-corrected chi connectivity index (χ0v) is 15.0. The summed E-state index contributed by atoms with van der Waals surface area (Å²) in [5.74, 6) is -1.90. The molecule has 1 amide bonds. The molecule has 27 heavy (non-hydrogen) atoms. The lowest BCUT2D eigenvalue weighted by atomic mass is 10.1. The van der Waals surface area contributed by atoms with Gasteiger partial charge in [-0.2, -0.15) is 5.26 Å². The third-order valence-electron chi connectivity index (χ3n) is 3.34. The second-order valence-corrected chi connectivity index (χ2v) is 5.57. The molecule has 0 saturated carbocycles. The van der Waals surface area contributed by atoms with Crippen LogP contribution in [0.3, 0.4) is 0 Å². The first kappa shape index (κ1) is 19.9. The molecular weight excluding hydrogens is 373 g/mol. The average molecular weight is 388 g/mol. The zero-order chi connectivity index (χ0) is 19.8. The molecule has 0 fully saturated rings. The van der Waals surface area contributed by atoms with Crippen LogP contribution in [0.25, 0.3) is 0 Å². The summed E-state index contributed by atoms with van der Waals surface area (Å²) >= 11 is 5.68. The lowest BCUT2D eigenvalue weighted by Crippen LogP contribution is -2.17. The fourth-order valence-electron chi connectivity index (χ4n) is 2.06. The van der Waals surface area contributed by atoms with Crippen LogP contribution in [0.15, 0.2) is 54.2 Å². The normalized spacial score (nSPS) is 10.7. The Balaban J connectivity index is 2.17. The first-order chi connectivity index (χ1) is 13.0. The Morgan fingerprint density at radius 1 is 1.30 bits per heavy atom. The molecule has 0 aliphatic rings. The van der Waals surface area contributed by atoms with Crippen molar-refractivity contribution in [2.75, 3.05) is 17.2 Å². The number of para-hydroxylation sites is 1. The van der Waals surface area contributed by atoms with Gasteiger partial charge in [0.25, 0.3) is 5.91 Å². The van der Waals surface area contributed by atoms with Gasteiger partial charge in [-0.3, -0.25) is 4.79 Å². The SMILES string of the molecule is CCOC(=O)c1ccccc1NC(=O)/C(C#N)=C\Nc1ccc(F)c(Cl)c1. The van der Waals surface area contributed by atoms with E-state index in [0.717, 1.165) is 12.3 Å². The number of nitriles is 1. The molecule has 0 aliphatic heterocycles. The molecule has 0 unspecified atom stereocenters. The van der Waals surface area contributed by atoms with Crippen LogP contribution in [0.1, 0.15) is 17.3 Å². The molecule has 2 aromatic carbocycles. The predicted octanol–water partition coefficient (Wildman–Crippen LogP) is 4.11. The fraction of sp³-hybridized carbons (Fsp3) is 0.105. The molecule has 2 rings (SSSR count). The number of carbonyl (C=O) groups is 2. The quantitative estimate of drug-likeness (QED) is 0.442. The standard InChI is InChI=1S/C19H15ClFN3O3/c1-2-27-19(26)14-5-3-4-6-17(14)24-18(25)12(10-22)11-23-13-7-8-16(21)15(20)9-13/h3-9,11,23H,2H2,1H3,(H,24,25)/b12-11-. The summed E-state index contributed by atoms with van der Waals surface area (Å²) < 4.78 is 18.1. The minimum Gasteiger partial charge on any atom is -0.462 e. The van der Waals surface area contributed by atoms with Crippen molar-refractivity contribution in [3.63, 3.8) is 0 Å². The number of esters is 1. The maximum Gasteiger partial charge on any atom is 0.340 e. The van der Waals surface area contributed by atoms with Crippen LogP contribution in [-0.4, -0.2) is 18.5 Å². The summed E-state index contributed by atoms with van der Waals surface area (Å²) in [6.45, 7) is 1.86. The number of hydrogen-bond acceptors (Lipinski definition) is 5. The second-order valence-electron chi connectivity index (χ2n) is 5.16. The van der Waals surface area contributed by atoms with Gasteiger partial charge in [0, 0.05) is 11.9 Å². The Hall–Kier alpha value is -3.37. The largest absolute Gasteiger partial charge is 0.462 e. The molecule has 0 bridgehead atoms. The lowest BCUT2D eigenvalue weighted by Gasteiger charge is -2.10. The smallest absolute Gasteiger partial charge is 0.340 e. The first-order valence-electron chi connectivity index (χ1n) is 7.85. The van der Waals surface area contributed by atoms with E-state index in [1.165, 1.54) is 24.3 Å².